The minimum absolute atomic E-state index is 0.0729. The lowest BCUT2D eigenvalue weighted by Crippen LogP contribution is -2.68. The molecule has 0 aromatic heterocycles. The van der Waals surface area contributed by atoms with Gasteiger partial charge in [-0.2, -0.15) is 0 Å². The van der Waals surface area contributed by atoms with E-state index in [4.69, 9.17) is 66.3 Å². The van der Waals surface area contributed by atoms with Crippen LogP contribution in [0.4, 0.5) is 0 Å². The van der Waals surface area contributed by atoms with Crippen LogP contribution in [0.1, 0.15) is 64.2 Å². The maximum Gasteiger partial charge on any atom is 0.187 e. The van der Waals surface area contributed by atoms with Gasteiger partial charge in [-0.05, 0) is 37.8 Å². The Morgan fingerprint density at radius 1 is 0.253 bits per heavy atom. The zero-order chi connectivity index (χ0) is 66.3. The monoisotopic (exact) mass is 1320 g/mol. The lowest BCUT2D eigenvalue weighted by molar-refractivity contribution is -0.396. The Balaban J connectivity index is 1.10. The zero-order valence-corrected chi connectivity index (χ0v) is 49.4. The molecule has 14 bridgehead atoms. The molecule has 35 atom stereocenters. The Hall–Kier alpha value is -2.50. The molecule has 21 rings (SSSR count). The molecule has 21 heterocycles. The quantitative estimate of drug-likeness (QED) is 0.0422. The number of ketones is 2. The van der Waals surface area contributed by atoms with Crippen LogP contribution in [0.25, 0.3) is 0 Å². The van der Waals surface area contributed by atoms with Gasteiger partial charge in [-0.3, -0.25) is 9.59 Å². The third-order valence-corrected chi connectivity index (χ3v) is 17.7. The highest BCUT2D eigenvalue weighted by Gasteiger charge is 2.59. The molecule has 0 spiro atoms. The van der Waals surface area contributed by atoms with Crippen molar-refractivity contribution in [3.05, 3.63) is 25.3 Å². The van der Waals surface area contributed by atoms with Crippen LogP contribution in [0.3, 0.4) is 0 Å². The molecule has 35 unspecified atom stereocenters. The highest BCUT2D eigenvalue weighted by Crippen LogP contribution is 2.40. The summed E-state index contributed by atoms with van der Waals surface area (Å²) < 4.78 is 82.9. The van der Waals surface area contributed by atoms with Crippen LogP contribution in [-0.2, 0) is 75.9 Å². The van der Waals surface area contributed by atoms with Crippen molar-refractivity contribution in [2.24, 2.45) is 0 Å². The lowest BCUT2D eigenvalue weighted by atomic mass is 9.93. The molecular weight excluding hydrogens is 1230 g/mol. The molecule has 35 nitrogen and oxygen atoms in total. The molecule has 91 heavy (non-hydrogen) atoms. The maximum atomic E-state index is 12.0. The molecule has 19 N–H and O–H groups in total. The number of hydrogen-bond acceptors (Lipinski definition) is 35. The van der Waals surface area contributed by atoms with E-state index in [0.29, 0.717) is 25.7 Å². The summed E-state index contributed by atoms with van der Waals surface area (Å²) in [4.78, 5) is 24.0. The molecular formula is C56H90O35. The Kier molecular flexibility index (Phi) is 27.5. The van der Waals surface area contributed by atoms with Crippen LogP contribution >= 0.6 is 0 Å². The van der Waals surface area contributed by atoms with E-state index in [1.807, 2.05) is 0 Å². The fraction of sp³-hybridized carbons (Fsp3) is 0.893. The Bertz CT molecular complexity index is 2240. The van der Waals surface area contributed by atoms with Crippen molar-refractivity contribution in [1.29, 1.82) is 0 Å². The van der Waals surface area contributed by atoms with Crippen LogP contribution in [0.5, 0.6) is 0 Å². The Morgan fingerprint density at radius 2 is 0.429 bits per heavy atom. The molecule has 524 valence electrons. The van der Waals surface area contributed by atoms with Crippen molar-refractivity contribution < 1.29 is 173 Å². The topological polar surface area (TPSA) is 548 Å². The summed E-state index contributed by atoms with van der Waals surface area (Å²) >= 11 is 0. The molecule has 0 radical (unpaired) electrons. The highest BCUT2D eigenvalue weighted by atomic mass is 16.8. The van der Waals surface area contributed by atoms with Crippen LogP contribution in [0, 0.1) is 0 Å². The summed E-state index contributed by atoms with van der Waals surface area (Å²) in [7, 11) is 0. The third-order valence-electron chi connectivity index (χ3n) is 17.7. The molecule has 21 fully saturated rings. The van der Waals surface area contributed by atoms with Crippen molar-refractivity contribution in [2.45, 2.75) is 279 Å². The second kappa shape index (κ2) is 33.6. The van der Waals surface area contributed by atoms with E-state index < -0.39 is 248 Å². The van der Waals surface area contributed by atoms with Crippen molar-refractivity contribution in [1.82, 2.24) is 0 Å². The summed E-state index contributed by atoms with van der Waals surface area (Å²) in [5, 5.41) is 216. The van der Waals surface area contributed by atoms with Crippen LogP contribution in [-0.4, -0.2) is 357 Å². The molecule has 0 amide bonds. The van der Waals surface area contributed by atoms with Crippen molar-refractivity contribution >= 4 is 11.6 Å². The minimum atomic E-state index is -2.21. The van der Waals surface area contributed by atoms with Gasteiger partial charge >= 0.3 is 0 Å². The van der Waals surface area contributed by atoms with Gasteiger partial charge in [0.1, 0.15) is 159 Å². The van der Waals surface area contributed by atoms with Crippen LogP contribution in [0.15, 0.2) is 25.3 Å². The predicted molar refractivity (Wildman–Crippen MR) is 291 cm³/mol. The van der Waals surface area contributed by atoms with E-state index in [-0.39, 0.29) is 50.1 Å². The smallest absolute Gasteiger partial charge is 0.187 e. The molecule has 21 aliphatic heterocycles. The maximum absolute atomic E-state index is 12.0. The van der Waals surface area contributed by atoms with Gasteiger partial charge in [0.05, 0.1) is 45.2 Å². The largest absolute Gasteiger partial charge is 0.394 e. The average molecular weight is 1320 g/mol. The number of hydrogen-bond donors (Lipinski definition) is 19. The van der Waals surface area contributed by atoms with Gasteiger partial charge in [0.2, 0.25) is 0 Å². The van der Waals surface area contributed by atoms with E-state index in [2.05, 4.69) is 13.2 Å². The van der Waals surface area contributed by atoms with E-state index in [0.717, 1.165) is 12.2 Å². The van der Waals surface area contributed by atoms with E-state index >= 15 is 0 Å². The number of allylic oxidation sites excluding steroid dienone is 2. The van der Waals surface area contributed by atoms with Gasteiger partial charge in [0.25, 0.3) is 0 Å². The van der Waals surface area contributed by atoms with Gasteiger partial charge in [0.15, 0.2) is 55.6 Å². The SMILES string of the molecule is C=CC(=O)CCCCCC1OC2OC3C(CO)OC(OC4C(CO)OC(OC5C(CCCCCC(=O)C=C)OC(OC6C(CO)OC(OC7C(CO)OC(OC8C(CO)OC(OC1C(O)C2O)C(O)C8O)C(O)C7O)C(O)C6O)C(O)C5O)C(O)C4O)C(O)C3O. The van der Waals surface area contributed by atoms with Gasteiger partial charge < -0.3 is 163 Å². The normalized spacial score (nSPS) is 48.5. The van der Waals surface area contributed by atoms with Crippen molar-refractivity contribution in [2.75, 3.05) is 33.0 Å². The number of ether oxygens (including phenoxy) is 14. The molecule has 0 saturated carbocycles. The fourth-order valence-corrected chi connectivity index (χ4v) is 12.4. The predicted octanol–water partition coefficient (Wildman–Crippen LogP) is -9.80. The van der Waals surface area contributed by atoms with Crippen molar-refractivity contribution in [3.63, 3.8) is 0 Å². The van der Waals surface area contributed by atoms with Gasteiger partial charge in [-0.15, -0.1) is 0 Å². The molecule has 35 heteroatoms. The first kappa shape index (κ1) is 74.3. The van der Waals surface area contributed by atoms with Crippen LogP contribution in [0.2, 0.25) is 0 Å². The molecule has 21 aliphatic rings. The number of aliphatic hydroxyl groups is 19. The summed E-state index contributed by atoms with van der Waals surface area (Å²) in [6.45, 7) is 1.75. The van der Waals surface area contributed by atoms with Gasteiger partial charge in [-0.25, -0.2) is 0 Å². The summed E-state index contributed by atoms with van der Waals surface area (Å²) in [5.74, 6) is -0.491. The number of aliphatic hydroxyl groups excluding tert-OH is 19. The summed E-state index contributed by atoms with van der Waals surface area (Å²) in [6, 6.07) is 0. The number of unbranched alkanes of at least 4 members (excludes halogenated alkanes) is 4. The highest BCUT2D eigenvalue weighted by molar-refractivity contribution is 5.89. The first-order valence-corrected chi connectivity index (χ1v) is 30.5. The second-order valence-electron chi connectivity index (χ2n) is 23.8. The first-order valence-electron chi connectivity index (χ1n) is 30.5. The average Bonchev–Trinajstić information content (AvgIpc) is 1.14. The van der Waals surface area contributed by atoms with Crippen molar-refractivity contribution in [3.8, 4) is 0 Å². The summed E-state index contributed by atoms with van der Waals surface area (Å²) in [6.07, 6.45) is -64.2. The van der Waals surface area contributed by atoms with E-state index in [1.54, 1.807) is 0 Å². The molecule has 0 aromatic carbocycles. The van der Waals surface area contributed by atoms with E-state index in [1.165, 1.54) is 0 Å². The fourth-order valence-electron chi connectivity index (χ4n) is 12.4. The molecule has 21 saturated heterocycles. The second-order valence-corrected chi connectivity index (χ2v) is 23.8. The number of carbonyl (C=O) groups excluding carboxylic acids is 2. The number of carbonyl (C=O) groups is 2. The van der Waals surface area contributed by atoms with Gasteiger partial charge in [0, 0.05) is 12.8 Å². The first-order chi connectivity index (χ1) is 43.4. The molecule has 0 aliphatic carbocycles. The van der Waals surface area contributed by atoms with Crippen LogP contribution < -0.4 is 0 Å². The molecule has 0 aromatic rings. The minimum Gasteiger partial charge on any atom is -0.394 e. The number of rotatable bonds is 19. The summed E-state index contributed by atoms with van der Waals surface area (Å²) in [5.41, 5.74) is 0. The Labute approximate surface area is 520 Å². The Morgan fingerprint density at radius 3 is 0.604 bits per heavy atom. The van der Waals surface area contributed by atoms with E-state index in [9.17, 15) is 107 Å². The standard InChI is InChI=1S/C56H90O35/c1-3-20(62)11-7-5-9-13-22-43-30(65)37(72)51(79-22)88-46-25(16-58)83-55(41(76)34(46)69)91-49-28(19-61)84-56(42(77)35(49)70)90-48-27(18-60)81-53(39(74)32(48)67)86-44-23(14-10-6-8-12-21(63)4-2)78-50(36(71)29(44)64)87-45-24(15-57)82-54(40(75)33(45)68)89-47-26(17-59)80-52(85-43)38(73)31(47)66/h3-4,22-61,64-77H,1-2,5-19H2. The van der Waals surface area contributed by atoms with Gasteiger partial charge in [-0.1, -0.05) is 38.8 Å². The third kappa shape index (κ3) is 16.7. The zero-order valence-electron chi connectivity index (χ0n) is 49.4. The lowest BCUT2D eigenvalue weighted by Gasteiger charge is -2.50.